The molecule has 34 heavy (non-hydrogen) atoms. The largest absolute Gasteiger partial charge is 0.383 e. The molecule has 0 bridgehead atoms. The average Bonchev–Trinajstić information content (AvgIpc) is 3.18. The molecule has 0 radical (unpaired) electrons. The van der Waals surface area contributed by atoms with Gasteiger partial charge in [-0.1, -0.05) is 30.3 Å². The van der Waals surface area contributed by atoms with E-state index in [4.69, 9.17) is 9.72 Å². The van der Waals surface area contributed by atoms with Crippen LogP contribution in [0.4, 0.5) is 5.69 Å². The summed E-state index contributed by atoms with van der Waals surface area (Å²) in [6.45, 7) is 5.79. The van der Waals surface area contributed by atoms with Gasteiger partial charge in [-0.15, -0.1) is 0 Å². The number of rotatable bonds is 8. The molecule has 1 aromatic heterocycles. The third-order valence-electron chi connectivity index (χ3n) is 6.16. The molecule has 4 rings (SSSR count). The van der Waals surface area contributed by atoms with Crippen molar-refractivity contribution in [3.63, 3.8) is 0 Å². The summed E-state index contributed by atoms with van der Waals surface area (Å²) in [4.78, 5) is 22.5. The highest BCUT2D eigenvalue weighted by atomic mass is 32.2. The Kier molecular flexibility index (Phi) is 7.20. The van der Waals surface area contributed by atoms with E-state index in [-0.39, 0.29) is 11.7 Å². The molecule has 1 N–H and O–H groups in total. The summed E-state index contributed by atoms with van der Waals surface area (Å²) in [5.74, 6) is 0.524. The third kappa shape index (κ3) is 5.08. The van der Waals surface area contributed by atoms with Gasteiger partial charge in [0.25, 0.3) is 5.91 Å². The van der Waals surface area contributed by atoms with Crippen molar-refractivity contribution in [1.82, 2.24) is 19.4 Å². The van der Waals surface area contributed by atoms with Crippen LogP contribution in [0.3, 0.4) is 0 Å². The standard InChI is InChI=1S/C24H31N5O4S/c1-4-34(31,32)26-19-16-20(24(30)29-12-10-28(11-13-29)14-15-33-3)22-21(17-19)25-23(27(22)2)18-8-6-5-7-9-18/h5-9,16-17,26H,4,10-15H2,1-3H3. The summed E-state index contributed by atoms with van der Waals surface area (Å²) in [5.41, 5.74) is 2.95. The van der Waals surface area contributed by atoms with Gasteiger partial charge in [0, 0.05) is 52.4 Å². The molecule has 9 nitrogen and oxygen atoms in total. The lowest BCUT2D eigenvalue weighted by molar-refractivity contribution is 0.0595. The molecular formula is C24H31N5O4S. The summed E-state index contributed by atoms with van der Waals surface area (Å²) < 4.78 is 34.2. The van der Waals surface area contributed by atoms with Crippen LogP contribution < -0.4 is 4.72 Å². The zero-order chi connectivity index (χ0) is 24.3. The van der Waals surface area contributed by atoms with Crippen LogP contribution in [0.5, 0.6) is 0 Å². The number of aryl methyl sites for hydroxylation is 1. The summed E-state index contributed by atoms with van der Waals surface area (Å²) >= 11 is 0. The van der Waals surface area contributed by atoms with E-state index in [0.29, 0.717) is 47.8 Å². The maximum atomic E-state index is 13.7. The molecule has 3 aromatic rings. The van der Waals surface area contributed by atoms with Gasteiger partial charge in [-0.05, 0) is 19.1 Å². The van der Waals surface area contributed by atoms with Crippen molar-refractivity contribution < 1.29 is 17.9 Å². The van der Waals surface area contributed by atoms with E-state index < -0.39 is 10.0 Å². The fourth-order valence-corrected chi connectivity index (χ4v) is 4.86. The third-order valence-corrected chi connectivity index (χ3v) is 7.46. The van der Waals surface area contributed by atoms with E-state index in [9.17, 15) is 13.2 Å². The lowest BCUT2D eigenvalue weighted by atomic mass is 10.1. The van der Waals surface area contributed by atoms with Gasteiger partial charge in [0.2, 0.25) is 10.0 Å². The van der Waals surface area contributed by atoms with Crippen LogP contribution >= 0.6 is 0 Å². The van der Waals surface area contributed by atoms with Crippen molar-refractivity contribution in [1.29, 1.82) is 0 Å². The van der Waals surface area contributed by atoms with Crippen molar-refractivity contribution in [2.75, 3.05) is 56.9 Å². The van der Waals surface area contributed by atoms with Gasteiger partial charge in [-0.25, -0.2) is 13.4 Å². The Hall–Kier alpha value is -2.95. The Balaban J connectivity index is 1.74. The second-order valence-electron chi connectivity index (χ2n) is 8.38. The number of methoxy groups -OCH3 is 1. The molecular weight excluding hydrogens is 454 g/mol. The number of carbonyl (C=O) groups excluding carboxylic acids is 1. The SMILES string of the molecule is CCS(=O)(=O)Nc1cc(C(=O)N2CCN(CCOC)CC2)c2c(c1)nc(-c1ccccc1)n2C. The molecule has 2 aromatic carbocycles. The summed E-state index contributed by atoms with van der Waals surface area (Å²) in [6.07, 6.45) is 0. The zero-order valence-electron chi connectivity index (χ0n) is 19.8. The highest BCUT2D eigenvalue weighted by molar-refractivity contribution is 7.92. The van der Waals surface area contributed by atoms with Gasteiger partial charge >= 0.3 is 0 Å². The first-order chi connectivity index (χ1) is 16.3. The summed E-state index contributed by atoms with van der Waals surface area (Å²) in [5, 5.41) is 0. The van der Waals surface area contributed by atoms with Crippen LogP contribution in [0.15, 0.2) is 42.5 Å². The molecule has 0 unspecified atom stereocenters. The number of nitrogens with one attached hydrogen (secondary N) is 1. The quantitative estimate of drug-likeness (QED) is 0.526. The molecule has 182 valence electrons. The first kappa shape index (κ1) is 24.2. The Morgan fingerprint density at radius 3 is 2.47 bits per heavy atom. The Morgan fingerprint density at radius 1 is 1.12 bits per heavy atom. The molecule has 0 saturated carbocycles. The molecule has 0 spiro atoms. The number of amides is 1. The average molecular weight is 486 g/mol. The predicted octanol–water partition coefficient (Wildman–Crippen LogP) is 2.41. The molecule has 2 heterocycles. The van der Waals surface area contributed by atoms with E-state index in [0.717, 1.165) is 25.2 Å². The lowest BCUT2D eigenvalue weighted by Gasteiger charge is -2.34. The van der Waals surface area contributed by atoms with Gasteiger partial charge in [-0.2, -0.15) is 0 Å². The van der Waals surface area contributed by atoms with Crippen molar-refractivity contribution in [3.05, 3.63) is 48.0 Å². The number of ether oxygens (including phenoxy) is 1. The second kappa shape index (κ2) is 10.1. The number of hydrogen-bond donors (Lipinski definition) is 1. The van der Waals surface area contributed by atoms with Crippen molar-refractivity contribution in [3.8, 4) is 11.4 Å². The van der Waals surface area contributed by atoms with Crippen molar-refractivity contribution in [2.45, 2.75) is 6.92 Å². The van der Waals surface area contributed by atoms with Gasteiger partial charge in [0.15, 0.2) is 0 Å². The Labute approximate surface area is 200 Å². The fraction of sp³-hybridized carbons (Fsp3) is 0.417. The number of hydrogen-bond acceptors (Lipinski definition) is 6. The maximum Gasteiger partial charge on any atom is 0.256 e. The number of sulfonamides is 1. The number of nitrogens with zero attached hydrogens (tertiary/aromatic N) is 4. The van der Waals surface area contributed by atoms with Crippen LogP contribution in [-0.4, -0.2) is 85.9 Å². The molecule has 1 amide bonds. The number of anilines is 1. The normalized spacial score (nSPS) is 15.1. The van der Waals surface area contributed by atoms with Crippen LogP contribution in [0.25, 0.3) is 22.4 Å². The first-order valence-electron chi connectivity index (χ1n) is 11.4. The van der Waals surface area contributed by atoms with Crippen molar-refractivity contribution >= 4 is 32.7 Å². The highest BCUT2D eigenvalue weighted by Crippen LogP contribution is 2.30. The molecule has 1 saturated heterocycles. The molecule has 1 aliphatic rings. The van der Waals surface area contributed by atoms with E-state index in [1.54, 1.807) is 26.2 Å². The predicted molar refractivity (Wildman–Crippen MR) is 133 cm³/mol. The molecule has 1 aliphatic heterocycles. The minimum atomic E-state index is -3.51. The monoisotopic (exact) mass is 485 g/mol. The zero-order valence-corrected chi connectivity index (χ0v) is 20.6. The van der Waals surface area contributed by atoms with Crippen LogP contribution in [-0.2, 0) is 21.8 Å². The topological polar surface area (TPSA) is 96.8 Å². The molecule has 1 fully saturated rings. The molecule has 0 atom stereocenters. The fourth-order valence-electron chi connectivity index (χ4n) is 4.24. The lowest BCUT2D eigenvalue weighted by Crippen LogP contribution is -2.49. The van der Waals surface area contributed by atoms with Gasteiger partial charge < -0.3 is 14.2 Å². The number of piperazine rings is 1. The van der Waals surface area contributed by atoms with Gasteiger partial charge in [0.1, 0.15) is 5.82 Å². The summed E-state index contributed by atoms with van der Waals surface area (Å²) in [6, 6.07) is 13.0. The highest BCUT2D eigenvalue weighted by Gasteiger charge is 2.26. The van der Waals surface area contributed by atoms with E-state index in [2.05, 4.69) is 9.62 Å². The second-order valence-corrected chi connectivity index (χ2v) is 10.4. The van der Waals surface area contributed by atoms with Crippen LogP contribution in [0, 0.1) is 0 Å². The van der Waals surface area contributed by atoms with E-state index >= 15 is 0 Å². The van der Waals surface area contributed by atoms with Crippen molar-refractivity contribution in [2.24, 2.45) is 7.05 Å². The molecule has 10 heteroatoms. The smallest absolute Gasteiger partial charge is 0.256 e. The molecule has 0 aliphatic carbocycles. The number of carbonyl (C=O) groups is 1. The van der Waals surface area contributed by atoms with E-state index in [1.165, 1.54) is 0 Å². The number of imidazole rings is 1. The van der Waals surface area contributed by atoms with Crippen LogP contribution in [0.1, 0.15) is 17.3 Å². The van der Waals surface area contributed by atoms with Gasteiger partial charge in [0.05, 0.1) is 34.6 Å². The Bertz CT molecular complexity index is 1270. The summed E-state index contributed by atoms with van der Waals surface area (Å²) in [7, 11) is 0.0567. The first-order valence-corrected chi connectivity index (χ1v) is 13.0. The maximum absolute atomic E-state index is 13.7. The minimum Gasteiger partial charge on any atom is -0.383 e. The minimum absolute atomic E-state index is 0.0603. The Morgan fingerprint density at radius 2 is 1.82 bits per heavy atom. The number of benzene rings is 2. The number of aromatic nitrogens is 2. The number of fused-ring (bicyclic) bond motifs is 1. The van der Waals surface area contributed by atoms with Gasteiger partial charge in [-0.3, -0.25) is 14.4 Å². The van der Waals surface area contributed by atoms with Crippen LogP contribution in [0.2, 0.25) is 0 Å². The van der Waals surface area contributed by atoms with E-state index in [1.807, 2.05) is 46.8 Å².